The predicted molar refractivity (Wildman–Crippen MR) is 76.7 cm³/mol. The van der Waals surface area contributed by atoms with E-state index in [9.17, 15) is 14.3 Å². The van der Waals surface area contributed by atoms with E-state index >= 15 is 0 Å². The molecule has 0 atom stereocenters. The van der Waals surface area contributed by atoms with Crippen molar-refractivity contribution in [2.75, 3.05) is 12.4 Å². The molecule has 6 heteroatoms. The monoisotopic (exact) mass is 339 g/mol. The van der Waals surface area contributed by atoms with Crippen molar-refractivity contribution in [3.05, 3.63) is 52.3 Å². The Morgan fingerprint density at radius 2 is 2.05 bits per heavy atom. The Bertz CT molecular complexity index is 661. The number of hydrogen-bond donors (Lipinski definition) is 2. The Labute approximate surface area is 123 Å². The third-order valence-electron chi connectivity index (χ3n) is 2.61. The van der Waals surface area contributed by atoms with E-state index in [1.54, 1.807) is 18.2 Å². The number of nitrogens with one attached hydrogen (secondary N) is 1. The number of phenolic OH excluding ortho intramolecular Hbond substituents is 1. The van der Waals surface area contributed by atoms with Crippen LogP contribution >= 0.6 is 15.9 Å². The second-order valence-corrected chi connectivity index (χ2v) is 4.82. The molecule has 0 aliphatic rings. The molecule has 2 aromatic rings. The fourth-order valence-corrected chi connectivity index (χ4v) is 2.17. The summed E-state index contributed by atoms with van der Waals surface area (Å²) in [5.74, 6) is -0.851. The van der Waals surface area contributed by atoms with Gasteiger partial charge in [0.25, 0.3) is 5.91 Å². The molecule has 0 heterocycles. The number of aromatic hydroxyl groups is 1. The minimum atomic E-state index is -0.598. The van der Waals surface area contributed by atoms with E-state index < -0.39 is 11.7 Å². The van der Waals surface area contributed by atoms with Crippen molar-refractivity contribution in [3.63, 3.8) is 0 Å². The summed E-state index contributed by atoms with van der Waals surface area (Å²) < 4.78 is 18.8. The van der Waals surface area contributed by atoms with Gasteiger partial charge >= 0.3 is 0 Å². The van der Waals surface area contributed by atoms with Crippen LogP contribution in [0.25, 0.3) is 0 Å². The summed E-state index contributed by atoms with van der Waals surface area (Å²) in [5, 5.41) is 12.1. The van der Waals surface area contributed by atoms with Gasteiger partial charge in [0, 0.05) is 5.69 Å². The highest BCUT2D eigenvalue weighted by Gasteiger charge is 2.13. The van der Waals surface area contributed by atoms with Crippen LogP contribution in [-0.2, 0) is 0 Å². The lowest BCUT2D eigenvalue weighted by Crippen LogP contribution is -2.12. The molecule has 4 nitrogen and oxygen atoms in total. The molecular weight excluding hydrogens is 329 g/mol. The third kappa shape index (κ3) is 3.08. The van der Waals surface area contributed by atoms with Crippen LogP contribution in [0.2, 0.25) is 0 Å². The number of hydrogen-bond acceptors (Lipinski definition) is 3. The lowest BCUT2D eigenvalue weighted by molar-refractivity contribution is 0.102. The first-order chi connectivity index (χ1) is 9.51. The lowest BCUT2D eigenvalue weighted by Gasteiger charge is -2.09. The Morgan fingerprint density at radius 3 is 2.70 bits per heavy atom. The predicted octanol–water partition coefficient (Wildman–Crippen LogP) is 3.55. The topological polar surface area (TPSA) is 58.6 Å². The number of carbonyl (C=O) groups is 1. The highest BCUT2D eigenvalue weighted by atomic mass is 79.9. The minimum absolute atomic E-state index is 0.128. The normalized spacial score (nSPS) is 10.2. The van der Waals surface area contributed by atoms with E-state index in [0.29, 0.717) is 15.9 Å². The fraction of sp³-hybridized carbons (Fsp3) is 0.0714. The van der Waals surface area contributed by atoms with Gasteiger partial charge in [-0.1, -0.05) is 0 Å². The van der Waals surface area contributed by atoms with Crippen LogP contribution in [0.4, 0.5) is 10.1 Å². The average Bonchev–Trinajstić information content (AvgIpc) is 2.41. The number of anilines is 1. The maximum atomic E-state index is 13.1. The Balaban J connectivity index is 2.23. The summed E-state index contributed by atoms with van der Waals surface area (Å²) in [5.41, 5.74) is 0.364. The highest BCUT2D eigenvalue weighted by molar-refractivity contribution is 9.10. The van der Waals surface area contributed by atoms with Gasteiger partial charge in [0.1, 0.15) is 17.3 Å². The molecule has 0 aliphatic heterocycles. The van der Waals surface area contributed by atoms with E-state index in [1.807, 2.05) is 0 Å². The molecule has 2 N–H and O–H groups in total. The van der Waals surface area contributed by atoms with Crippen LogP contribution in [0.5, 0.6) is 11.5 Å². The molecule has 1 amide bonds. The molecule has 2 aromatic carbocycles. The van der Waals surface area contributed by atoms with Gasteiger partial charge in [-0.15, -0.1) is 0 Å². The first kappa shape index (κ1) is 14.3. The zero-order chi connectivity index (χ0) is 14.7. The maximum absolute atomic E-state index is 13.1. The van der Waals surface area contributed by atoms with Gasteiger partial charge in [0.05, 0.1) is 17.1 Å². The van der Waals surface area contributed by atoms with Crippen LogP contribution in [0, 0.1) is 5.82 Å². The zero-order valence-electron chi connectivity index (χ0n) is 10.5. The first-order valence-corrected chi connectivity index (χ1v) is 6.44. The van der Waals surface area contributed by atoms with Crippen molar-refractivity contribution < 1.29 is 19.0 Å². The zero-order valence-corrected chi connectivity index (χ0v) is 12.1. The molecule has 0 aromatic heterocycles. The molecule has 0 bridgehead atoms. The lowest BCUT2D eigenvalue weighted by atomic mass is 10.1. The SMILES string of the molecule is COc1ccc(NC(=O)c2cc(F)ccc2O)cc1Br. The molecular formula is C14H11BrFNO3. The molecule has 2 rings (SSSR count). The molecule has 104 valence electrons. The van der Waals surface area contributed by atoms with Gasteiger partial charge < -0.3 is 15.2 Å². The smallest absolute Gasteiger partial charge is 0.259 e. The van der Waals surface area contributed by atoms with E-state index in [4.69, 9.17) is 4.74 Å². The van der Waals surface area contributed by atoms with Gasteiger partial charge in [-0.05, 0) is 52.3 Å². The largest absolute Gasteiger partial charge is 0.507 e. The molecule has 0 aliphatic carbocycles. The number of carbonyl (C=O) groups excluding carboxylic acids is 1. The second-order valence-electron chi connectivity index (χ2n) is 3.96. The van der Waals surface area contributed by atoms with Crippen LogP contribution in [0.15, 0.2) is 40.9 Å². The van der Waals surface area contributed by atoms with Crippen LogP contribution in [-0.4, -0.2) is 18.1 Å². The molecule has 0 radical (unpaired) electrons. The first-order valence-electron chi connectivity index (χ1n) is 5.64. The molecule has 0 spiro atoms. The van der Waals surface area contributed by atoms with E-state index in [-0.39, 0.29) is 11.3 Å². The van der Waals surface area contributed by atoms with Crippen LogP contribution in [0.3, 0.4) is 0 Å². The highest BCUT2D eigenvalue weighted by Crippen LogP contribution is 2.28. The van der Waals surface area contributed by atoms with Gasteiger partial charge in [-0.25, -0.2) is 4.39 Å². The van der Waals surface area contributed by atoms with Gasteiger partial charge in [-0.2, -0.15) is 0 Å². The van der Waals surface area contributed by atoms with Crippen molar-refractivity contribution in [2.45, 2.75) is 0 Å². The van der Waals surface area contributed by atoms with E-state index in [0.717, 1.165) is 18.2 Å². The summed E-state index contributed by atoms with van der Waals surface area (Å²) in [6.07, 6.45) is 0. The van der Waals surface area contributed by atoms with E-state index in [1.165, 1.54) is 7.11 Å². The van der Waals surface area contributed by atoms with Crippen LogP contribution in [0.1, 0.15) is 10.4 Å². The Hall–Kier alpha value is -2.08. The third-order valence-corrected chi connectivity index (χ3v) is 3.23. The molecule has 20 heavy (non-hydrogen) atoms. The Kier molecular flexibility index (Phi) is 4.24. The van der Waals surface area contributed by atoms with Crippen molar-refractivity contribution in [2.24, 2.45) is 0 Å². The Morgan fingerprint density at radius 1 is 1.30 bits per heavy atom. The van der Waals surface area contributed by atoms with Gasteiger partial charge in [0.15, 0.2) is 0 Å². The van der Waals surface area contributed by atoms with E-state index in [2.05, 4.69) is 21.2 Å². The minimum Gasteiger partial charge on any atom is -0.507 e. The number of phenols is 1. The number of methoxy groups -OCH3 is 1. The average molecular weight is 340 g/mol. The molecule has 0 saturated carbocycles. The number of amides is 1. The number of benzene rings is 2. The second kappa shape index (κ2) is 5.92. The fourth-order valence-electron chi connectivity index (χ4n) is 1.63. The van der Waals surface area contributed by atoms with Crippen molar-refractivity contribution >= 4 is 27.5 Å². The summed E-state index contributed by atoms with van der Waals surface area (Å²) >= 11 is 3.29. The summed E-state index contributed by atoms with van der Waals surface area (Å²) in [7, 11) is 1.53. The van der Waals surface area contributed by atoms with Crippen molar-refractivity contribution in [1.29, 1.82) is 0 Å². The molecule has 0 saturated heterocycles. The summed E-state index contributed by atoms with van der Waals surface area (Å²) in [6.45, 7) is 0. The number of ether oxygens (including phenoxy) is 1. The molecule has 0 unspecified atom stereocenters. The summed E-state index contributed by atoms with van der Waals surface area (Å²) in [4.78, 5) is 12.0. The summed E-state index contributed by atoms with van der Waals surface area (Å²) in [6, 6.07) is 8.14. The number of halogens is 2. The number of rotatable bonds is 3. The molecule has 0 fully saturated rings. The van der Waals surface area contributed by atoms with Crippen molar-refractivity contribution in [3.8, 4) is 11.5 Å². The standard InChI is InChI=1S/C14H11BrFNO3/c1-20-13-5-3-9(7-11(13)15)17-14(19)10-6-8(16)2-4-12(10)18/h2-7,18H,1H3,(H,17,19). The quantitative estimate of drug-likeness (QED) is 0.898. The van der Waals surface area contributed by atoms with Gasteiger partial charge in [-0.3, -0.25) is 4.79 Å². The maximum Gasteiger partial charge on any atom is 0.259 e. The van der Waals surface area contributed by atoms with Gasteiger partial charge in [0.2, 0.25) is 0 Å². The van der Waals surface area contributed by atoms with Crippen LogP contribution < -0.4 is 10.1 Å². The van der Waals surface area contributed by atoms with Crippen molar-refractivity contribution in [1.82, 2.24) is 0 Å².